The summed E-state index contributed by atoms with van der Waals surface area (Å²) in [5, 5.41) is 9.50. The van der Waals surface area contributed by atoms with Crippen LogP contribution in [0.4, 0.5) is 0 Å². The highest BCUT2D eigenvalue weighted by Crippen LogP contribution is 2.32. The van der Waals surface area contributed by atoms with E-state index in [1.165, 1.54) is 6.08 Å². The Labute approximate surface area is 91.1 Å². The van der Waals surface area contributed by atoms with Gasteiger partial charge in [0, 0.05) is 11.6 Å². The quantitative estimate of drug-likeness (QED) is 0.669. The van der Waals surface area contributed by atoms with E-state index in [4.69, 9.17) is 40.1 Å². The van der Waals surface area contributed by atoms with Crippen molar-refractivity contribution in [1.82, 2.24) is 0 Å². The second-order valence-electron chi connectivity index (χ2n) is 2.22. The molecule has 0 amide bonds. The molecule has 0 atom stereocenters. The van der Waals surface area contributed by atoms with Crippen molar-refractivity contribution in [2.24, 2.45) is 0 Å². The summed E-state index contributed by atoms with van der Waals surface area (Å²) in [7, 11) is 0. The third kappa shape index (κ3) is 2.38. The SMILES string of the molecule is N#C/C=C(\Cl)c1c(Cl)cccc1Cl. The van der Waals surface area contributed by atoms with E-state index in [1.54, 1.807) is 18.2 Å². The number of rotatable bonds is 1. The molecule has 4 heteroatoms. The van der Waals surface area contributed by atoms with Crippen molar-refractivity contribution in [3.8, 4) is 6.07 Å². The molecule has 0 saturated heterocycles. The molecular formula is C9H4Cl3N. The number of hydrogen-bond acceptors (Lipinski definition) is 1. The van der Waals surface area contributed by atoms with E-state index < -0.39 is 0 Å². The molecule has 1 nitrogen and oxygen atoms in total. The highest BCUT2D eigenvalue weighted by Gasteiger charge is 2.08. The van der Waals surface area contributed by atoms with E-state index in [-0.39, 0.29) is 5.03 Å². The van der Waals surface area contributed by atoms with Crippen molar-refractivity contribution in [3.05, 3.63) is 39.9 Å². The van der Waals surface area contributed by atoms with Crippen molar-refractivity contribution in [2.75, 3.05) is 0 Å². The molecule has 1 rings (SSSR count). The molecule has 1 aromatic rings. The van der Waals surface area contributed by atoms with Crippen molar-refractivity contribution >= 4 is 39.8 Å². The standard InChI is InChI=1S/C9H4Cl3N/c10-6-2-1-3-7(11)9(6)8(12)4-5-13/h1-4H/b8-4-. The van der Waals surface area contributed by atoms with Gasteiger partial charge in [-0.05, 0) is 12.1 Å². The van der Waals surface area contributed by atoms with E-state index in [2.05, 4.69) is 0 Å². The van der Waals surface area contributed by atoms with Gasteiger partial charge in [0.15, 0.2) is 0 Å². The number of benzene rings is 1. The zero-order valence-corrected chi connectivity index (χ0v) is 8.66. The fourth-order valence-electron chi connectivity index (χ4n) is 0.855. The van der Waals surface area contributed by atoms with Crippen LogP contribution in [0, 0.1) is 11.3 Å². The number of nitriles is 1. The molecule has 1 aromatic carbocycles. The van der Waals surface area contributed by atoms with Crippen LogP contribution in [0.1, 0.15) is 5.56 Å². The van der Waals surface area contributed by atoms with Crippen molar-refractivity contribution in [1.29, 1.82) is 5.26 Å². The fraction of sp³-hybridized carbons (Fsp3) is 0. The third-order valence-electron chi connectivity index (χ3n) is 1.39. The molecule has 0 unspecified atom stereocenters. The summed E-state index contributed by atoms with van der Waals surface area (Å²) in [6, 6.07) is 6.85. The molecule has 0 aliphatic rings. The Morgan fingerprint density at radius 2 is 1.85 bits per heavy atom. The van der Waals surface area contributed by atoms with Crippen LogP contribution in [0.2, 0.25) is 10.0 Å². The lowest BCUT2D eigenvalue weighted by atomic mass is 10.2. The summed E-state index contributed by atoms with van der Waals surface area (Å²) in [5.41, 5.74) is 0.494. The molecule has 0 aromatic heterocycles. The van der Waals surface area contributed by atoms with Crippen LogP contribution in [0.25, 0.3) is 5.03 Å². The first-order valence-electron chi connectivity index (χ1n) is 3.36. The van der Waals surface area contributed by atoms with Gasteiger partial charge in [0.25, 0.3) is 0 Å². The molecule has 0 N–H and O–H groups in total. The second-order valence-corrected chi connectivity index (χ2v) is 3.44. The van der Waals surface area contributed by atoms with Crippen LogP contribution in [0.3, 0.4) is 0 Å². The minimum absolute atomic E-state index is 0.248. The summed E-state index contributed by atoms with van der Waals surface area (Å²) in [5.74, 6) is 0. The molecule has 66 valence electrons. The highest BCUT2D eigenvalue weighted by molar-refractivity contribution is 6.52. The minimum Gasteiger partial charge on any atom is -0.193 e. The van der Waals surface area contributed by atoms with Gasteiger partial charge in [0.2, 0.25) is 0 Å². The van der Waals surface area contributed by atoms with Crippen LogP contribution in [-0.4, -0.2) is 0 Å². The monoisotopic (exact) mass is 231 g/mol. The molecule has 0 aliphatic carbocycles. The molecule has 0 aliphatic heterocycles. The highest BCUT2D eigenvalue weighted by atomic mass is 35.5. The molecule has 0 saturated carbocycles. The predicted octanol–water partition coefficient (Wildman–Crippen LogP) is 4.10. The van der Waals surface area contributed by atoms with Crippen LogP contribution >= 0.6 is 34.8 Å². The van der Waals surface area contributed by atoms with Crippen molar-refractivity contribution < 1.29 is 0 Å². The molecular weight excluding hydrogens is 228 g/mol. The Morgan fingerprint density at radius 3 is 2.31 bits per heavy atom. The first kappa shape index (κ1) is 10.4. The van der Waals surface area contributed by atoms with E-state index in [0.717, 1.165) is 0 Å². The Hall–Kier alpha value is -0.680. The van der Waals surface area contributed by atoms with E-state index in [0.29, 0.717) is 15.6 Å². The first-order valence-corrected chi connectivity index (χ1v) is 4.50. The lowest BCUT2D eigenvalue weighted by molar-refractivity contribution is 1.53. The van der Waals surface area contributed by atoms with Gasteiger partial charge in [-0.25, -0.2) is 0 Å². The number of halogens is 3. The Kier molecular flexibility index (Phi) is 3.62. The van der Waals surface area contributed by atoms with E-state index in [1.807, 2.05) is 6.07 Å². The van der Waals surface area contributed by atoms with Gasteiger partial charge in [0.05, 0.1) is 21.1 Å². The Bertz CT molecular complexity index is 370. The summed E-state index contributed by atoms with van der Waals surface area (Å²) in [6.45, 7) is 0. The lowest BCUT2D eigenvalue weighted by Crippen LogP contribution is -1.81. The van der Waals surface area contributed by atoms with Crippen molar-refractivity contribution in [3.63, 3.8) is 0 Å². The number of nitrogens with zero attached hydrogens (tertiary/aromatic N) is 1. The maximum absolute atomic E-state index is 8.38. The summed E-state index contributed by atoms with van der Waals surface area (Å²) >= 11 is 17.5. The van der Waals surface area contributed by atoms with Crippen LogP contribution in [0.5, 0.6) is 0 Å². The Balaban J connectivity index is 3.30. The smallest absolute Gasteiger partial charge is 0.0927 e. The van der Waals surface area contributed by atoms with E-state index in [9.17, 15) is 0 Å². The number of allylic oxidation sites excluding steroid dienone is 1. The lowest BCUT2D eigenvalue weighted by Gasteiger charge is -2.03. The van der Waals surface area contributed by atoms with E-state index >= 15 is 0 Å². The molecule has 13 heavy (non-hydrogen) atoms. The van der Waals surface area contributed by atoms with Gasteiger partial charge < -0.3 is 0 Å². The van der Waals surface area contributed by atoms with Crippen LogP contribution in [-0.2, 0) is 0 Å². The predicted molar refractivity (Wildman–Crippen MR) is 55.9 cm³/mol. The Morgan fingerprint density at radius 1 is 1.31 bits per heavy atom. The van der Waals surface area contributed by atoms with Gasteiger partial charge in [-0.15, -0.1) is 0 Å². The molecule has 0 bridgehead atoms. The van der Waals surface area contributed by atoms with Crippen LogP contribution in [0.15, 0.2) is 24.3 Å². The summed E-state index contributed by atoms with van der Waals surface area (Å²) < 4.78 is 0. The van der Waals surface area contributed by atoms with Crippen molar-refractivity contribution in [2.45, 2.75) is 0 Å². The molecule has 0 heterocycles. The van der Waals surface area contributed by atoms with Crippen LogP contribution < -0.4 is 0 Å². The maximum atomic E-state index is 8.38. The van der Waals surface area contributed by atoms with Gasteiger partial charge in [-0.1, -0.05) is 40.9 Å². The number of hydrogen-bond donors (Lipinski definition) is 0. The largest absolute Gasteiger partial charge is 0.193 e. The zero-order valence-electron chi connectivity index (χ0n) is 6.39. The third-order valence-corrected chi connectivity index (χ3v) is 2.32. The van der Waals surface area contributed by atoms with Gasteiger partial charge >= 0.3 is 0 Å². The molecule has 0 spiro atoms. The minimum atomic E-state index is 0.248. The zero-order chi connectivity index (χ0) is 9.84. The second kappa shape index (κ2) is 4.53. The summed E-state index contributed by atoms with van der Waals surface area (Å²) in [6.07, 6.45) is 1.19. The van der Waals surface area contributed by atoms with Gasteiger partial charge in [-0.3, -0.25) is 0 Å². The average molecular weight is 232 g/mol. The first-order chi connectivity index (χ1) is 6.16. The molecule has 0 fully saturated rings. The summed E-state index contributed by atoms with van der Waals surface area (Å²) in [4.78, 5) is 0. The fourth-order valence-corrected chi connectivity index (χ4v) is 1.80. The average Bonchev–Trinajstić information content (AvgIpc) is 2.04. The maximum Gasteiger partial charge on any atom is 0.0927 e. The van der Waals surface area contributed by atoms with Gasteiger partial charge in [0.1, 0.15) is 0 Å². The van der Waals surface area contributed by atoms with Gasteiger partial charge in [-0.2, -0.15) is 5.26 Å². The molecule has 0 radical (unpaired) electrons. The topological polar surface area (TPSA) is 23.8 Å². The normalized spacial score (nSPS) is 11.1.